The number of unbranched alkanes of at least 4 members (excludes halogenated alkanes) is 1. The number of rotatable bonds is 5. The van der Waals surface area contributed by atoms with Crippen LogP contribution in [0, 0.1) is 0 Å². The van der Waals surface area contributed by atoms with Crippen molar-refractivity contribution in [2.45, 2.75) is 46.1 Å². The zero-order valence-corrected chi connectivity index (χ0v) is 12.2. The third-order valence-corrected chi connectivity index (χ3v) is 3.67. The van der Waals surface area contributed by atoms with Crippen molar-refractivity contribution in [3.8, 4) is 0 Å². The van der Waals surface area contributed by atoms with E-state index in [1.165, 1.54) is 5.56 Å². The summed E-state index contributed by atoms with van der Waals surface area (Å²) in [4.78, 5) is 24.9. The third-order valence-electron chi connectivity index (χ3n) is 3.67. The van der Waals surface area contributed by atoms with Crippen molar-refractivity contribution in [1.82, 2.24) is 5.32 Å². The molecule has 0 spiro atoms. The van der Waals surface area contributed by atoms with Gasteiger partial charge >= 0.3 is 0 Å². The van der Waals surface area contributed by atoms with Gasteiger partial charge in [0.1, 0.15) is 0 Å². The van der Waals surface area contributed by atoms with Crippen molar-refractivity contribution in [2.75, 3.05) is 11.4 Å². The fourth-order valence-corrected chi connectivity index (χ4v) is 2.52. The Kier molecular flexibility index (Phi) is 4.77. The molecular weight excluding hydrogens is 252 g/mol. The lowest BCUT2D eigenvalue weighted by Crippen LogP contribution is -2.25. The minimum Gasteiger partial charge on any atom is -0.352 e. The second kappa shape index (κ2) is 6.55. The predicted octanol–water partition coefficient (Wildman–Crippen LogP) is 2.40. The number of carbonyl (C=O) groups excluding carboxylic acids is 2. The Morgan fingerprint density at radius 1 is 1.35 bits per heavy atom. The van der Waals surface area contributed by atoms with Crippen LogP contribution >= 0.6 is 0 Å². The van der Waals surface area contributed by atoms with Crippen LogP contribution in [0.4, 0.5) is 5.69 Å². The van der Waals surface area contributed by atoms with Crippen molar-refractivity contribution < 1.29 is 9.59 Å². The summed E-state index contributed by atoms with van der Waals surface area (Å²) in [5.41, 5.74) is 3.30. The molecule has 4 heteroatoms. The number of anilines is 1. The first kappa shape index (κ1) is 14.6. The molecule has 0 radical (unpaired) electrons. The minimum absolute atomic E-state index is 0.0874. The molecule has 0 fully saturated rings. The minimum atomic E-state index is 0.0874. The summed E-state index contributed by atoms with van der Waals surface area (Å²) in [5.74, 6) is 0.196. The molecule has 2 rings (SSSR count). The zero-order valence-electron chi connectivity index (χ0n) is 12.2. The molecule has 0 aromatic heterocycles. The Balaban J connectivity index is 1.95. The maximum absolute atomic E-state index is 11.6. The van der Waals surface area contributed by atoms with Gasteiger partial charge in [-0.15, -0.1) is 0 Å². The first-order valence-corrected chi connectivity index (χ1v) is 7.28. The molecule has 1 aliphatic heterocycles. The monoisotopic (exact) mass is 274 g/mol. The van der Waals surface area contributed by atoms with Crippen LogP contribution in [-0.4, -0.2) is 18.4 Å². The van der Waals surface area contributed by atoms with Crippen LogP contribution in [0.5, 0.6) is 0 Å². The van der Waals surface area contributed by atoms with Crippen molar-refractivity contribution in [1.29, 1.82) is 0 Å². The maximum atomic E-state index is 11.6. The summed E-state index contributed by atoms with van der Waals surface area (Å²) in [6.07, 6.45) is 3.46. The fourth-order valence-electron chi connectivity index (χ4n) is 2.52. The van der Waals surface area contributed by atoms with E-state index in [1.807, 2.05) is 12.1 Å². The second-order valence-corrected chi connectivity index (χ2v) is 5.26. The average molecular weight is 274 g/mol. The molecule has 1 aromatic rings. The third kappa shape index (κ3) is 3.38. The molecule has 0 aliphatic carbocycles. The number of fused-ring (bicyclic) bond motifs is 1. The summed E-state index contributed by atoms with van der Waals surface area (Å²) < 4.78 is 0. The molecule has 4 nitrogen and oxygen atoms in total. The Morgan fingerprint density at radius 3 is 2.85 bits per heavy atom. The lowest BCUT2D eigenvalue weighted by molar-refractivity contribution is -0.121. The van der Waals surface area contributed by atoms with Crippen LogP contribution in [0.25, 0.3) is 0 Å². The van der Waals surface area contributed by atoms with Crippen LogP contribution in [0.15, 0.2) is 18.2 Å². The van der Waals surface area contributed by atoms with Gasteiger partial charge in [0.05, 0.1) is 0 Å². The van der Waals surface area contributed by atoms with E-state index >= 15 is 0 Å². The SMILES string of the molecule is CCCCC(=O)NCc1ccc2c(c1)CCN2C(C)=O. The number of hydrogen-bond donors (Lipinski definition) is 1. The smallest absolute Gasteiger partial charge is 0.223 e. The van der Waals surface area contributed by atoms with E-state index < -0.39 is 0 Å². The zero-order chi connectivity index (χ0) is 14.5. The van der Waals surface area contributed by atoms with Gasteiger partial charge in [0.15, 0.2) is 0 Å². The molecule has 1 aromatic carbocycles. The summed E-state index contributed by atoms with van der Waals surface area (Å²) in [6, 6.07) is 6.07. The van der Waals surface area contributed by atoms with Gasteiger partial charge < -0.3 is 10.2 Å². The highest BCUT2D eigenvalue weighted by atomic mass is 16.2. The Labute approximate surface area is 120 Å². The number of hydrogen-bond acceptors (Lipinski definition) is 2. The van der Waals surface area contributed by atoms with Gasteiger partial charge in [-0.2, -0.15) is 0 Å². The van der Waals surface area contributed by atoms with Gasteiger partial charge in [-0.25, -0.2) is 0 Å². The Hall–Kier alpha value is -1.84. The lowest BCUT2D eigenvalue weighted by atomic mass is 10.1. The van der Waals surface area contributed by atoms with Crippen molar-refractivity contribution in [3.05, 3.63) is 29.3 Å². The molecule has 1 aliphatic rings. The highest BCUT2D eigenvalue weighted by Crippen LogP contribution is 2.28. The molecule has 0 saturated carbocycles. The number of benzene rings is 1. The van der Waals surface area contributed by atoms with Crippen molar-refractivity contribution in [3.63, 3.8) is 0 Å². The first-order chi connectivity index (χ1) is 9.61. The van der Waals surface area contributed by atoms with Gasteiger partial charge in [0.25, 0.3) is 0 Å². The quantitative estimate of drug-likeness (QED) is 0.896. The molecule has 0 bridgehead atoms. The Bertz CT molecular complexity index is 511. The molecule has 0 saturated heterocycles. The van der Waals surface area contributed by atoms with Gasteiger partial charge in [-0.3, -0.25) is 9.59 Å². The summed E-state index contributed by atoms with van der Waals surface area (Å²) in [7, 11) is 0. The number of nitrogens with zero attached hydrogens (tertiary/aromatic N) is 1. The van der Waals surface area contributed by atoms with Gasteiger partial charge in [0.2, 0.25) is 11.8 Å². The van der Waals surface area contributed by atoms with Crippen molar-refractivity contribution >= 4 is 17.5 Å². The van der Waals surface area contributed by atoms with E-state index in [2.05, 4.69) is 18.3 Å². The molecule has 0 unspecified atom stereocenters. The molecule has 108 valence electrons. The van der Waals surface area contributed by atoms with Crippen LogP contribution in [0.2, 0.25) is 0 Å². The van der Waals surface area contributed by atoms with Crippen LogP contribution in [0.1, 0.15) is 44.2 Å². The fraction of sp³-hybridized carbons (Fsp3) is 0.500. The van der Waals surface area contributed by atoms with Gasteiger partial charge in [0, 0.05) is 32.1 Å². The number of nitrogens with one attached hydrogen (secondary N) is 1. The predicted molar refractivity (Wildman–Crippen MR) is 79.5 cm³/mol. The number of amides is 2. The van der Waals surface area contributed by atoms with Crippen molar-refractivity contribution in [2.24, 2.45) is 0 Å². The van der Waals surface area contributed by atoms with Gasteiger partial charge in [-0.05, 0) is 30.0 Å². The lowest BCUT2D eigenvalue weighted by Gasteiger charge is -2.15. The van der Waals surface area contributed by atoms with Crippen LogP contribution < -0.4 is 10.2 Å². The van der Waals surface area contributed by atoms with E-state index in [9.17, 15) is 9.59 Å². The average Bonchev–Trinajstić information content (AvgIpc) is 2.86. The van der Waals surface area contributed by atoms with Crippen LogP contribution in [-0.2, 0) is 22.6 Å². The summed E-state index contributed by atoms with van der Waals surface area (Å²) in [6.45, 7) is 5.00. The molecule has 1 N–H and O–H groups in total. The molecule has 2 amide bonds. The number of carbonyl (C=O) groups is 2. The largest absolute Gasteiger partial charge is 0.352 e. The molecule has 1 heterocycles. The standard InChI is InChI=1S/C16H22N2O2/c1-3-4-5-16(20)17-11-13-6-7-15-14(10-13)8-9-18(15)12(2)19/h6-7,10H,3-5,8-9,11H2,1-2H3,(H,17,20). The first-order valence-electron chi connectivity index (χ1n) is 7.28. The van der Waals surface area contributed by atoms with Crippen LogP contribution in [0.3, 0.4) is 0 Å². The highest BCUT2D eigenvalue weighted by Gasteiger charge is 2.21. The molecule has 0 atom stereocenters. The van der Waals surface area contributed by atoms with E-state index in [4.69, 9.17) is 0 Å². The molecule has 20 heavy (non-hydrogen) atoms. The van der Waals surface area contributed by atoms with Gasteiger partial charge in [-0.1, -0.05) is 25.5 Å². The Morgan fingerprint density at radius 2 is 2.15 bits per heavy atom. The normalized spacial score (nSPS) is 13.2. The van der Waals surface area contributed by atoms with E-state index in [0.29, 0.717) is 13.0 Å². The van der Waals surface area contributed by atoms with E-state index in [0.717, 1.165) is 37.1 Å². The van der Waals surface area contributed by atoms with E-state index in [1.54, 1.807) is 11.8 Å². The molecular formula is C16H22N2O2. The topological polar surface area (TPSA) is 49.4 Å². The summed E-state index contributed by atoms with van der Waals surface area (Å²) >= 11 is 0. The van der Waals surface area contributed by atoms with E-state index in [-0.39, 0.29) is 11.8 Å². The summed E-state index contributed by atoms with van der Waals surface area (Å²) in [5, 5.41) is 2.94. The maximum Gasteiger partial charge on any atom is 0.223 e. The highest BCUT2D eigenvalue weighted by molar-refractivity contribution is 5.93. The second-order valence-electron chi connectivity index (χ2n) is 5.26.